The fourth-order valence-corrected chi connectivity index (χ4v) is 7.85. The molecule has 13 heteroatoms. The van der Waals surface area contributed by atoms with Crippen molar-refractivity contribution in [3.05, 3.63) is 179 Å². The lowest BCUT2D eigenvalue weighted by molar-refractivity contribution is 0.0996. The van der Waals surface area contributed by atoms with Gasteiger partial charge in [-0.15, -0.1) is 0 Å². The predicted octanol–water partition coefficient (Wildman–Crippen LogP) is 7.08. The molecule has 0 radical (unpaired) electrons. The number of hydrogen-bond donors (Lipinski definition) is 2. The van der Waals surface area contributed by atoms with Crippen LogP contribution in [0.15, 0.2) is 154 Å². The summed E-state index contributed by atoms with van der Waals surface area (Å²) in [6.07, 6.45) is 10.1. The van der Waals surface area contributed by atoms with Gasteiger partial charge in [0, 0.05) is 19.0 Å². The van der Waals surface area contributed by atoms with Crippen LogP contribution in [0.5, 0.6) is 0 Å². The number of halogens is 2. The summed E-state index contributed by atoms with van der Waals surface area (Å²) in [5.74, 6) is -1.47. The molecule has 6 rings (SSSR count). The zero-order chi connectivity index (χ0) is 38.7. The average Bonchev–Trinajstić information content (AvgIpc) is 3.18. The summed E-state index contributed by atoms with van der Waals surface area (Å²) < 4.78 is 77.1. The molecular formula is C41H33F2N3O6S2. The first-order valence-corrected chi connectivity index (χ1v) is 19.2. The topological polar surface area (TPSA) is 157 Å². The van der Waals surface area contributed by atoms with Crippen LogP contribution >= 0.6 is 0 Å². The molecule has 0 aliphatic carbocycles. The number of carbonyl (C=O) groups excluding carboxylic acids is 1. The quantitative estimate of drug-likeness (QED) is 0.133. The van der Waals surface area contributed by atoms with E-state index in [9.17, 15) is 30.4 Å². The average molecular weight is 766 g/mol. The van der Waals surface area contributed by atoms with Crippen LogP contribution in [0.25, 0.3) is 24.3 Å². The van der Waals surface area contributed by atoms with E-state index in [-0.39, 0.29) is 50.1 Å². The van der Waals surface area contributed by atoms with Crippen LogP contribution in [0.4, 0.5) is 8.78 Å². The van der Waals surface area contributed by atoms with E-state index in [4.69, 9.17) is 10.8 Å². The number of aromatic nitrogens is 2. The van der Waals surface area contributed by atoms with Gasteiger partial charge in [0.15, 0.2) is 10.1 Å². The Morgan fingerprint density at radius 2 is 0.944 bits per heavy atom. The van der Waals surface area contributed by atoms with Crippen molar-refractivity contribution >= 4 is 49.9 Å². The van der Waals surface area contributed by atoms with Gasteiger partial charge >= 0.3 is 0 Å². The highest BCUT2D eigenvalue weighted by molar-refractivity contribution is 7.91. The minimum atomic E-state index is -3.98. The van der Waals surface area contributed by atoms with Crippen molar-refractivity contribution in [2.45, 2.75) is 26.3 Å². The van der Waals surface area contributed by atoms with Crippen molar-refractivity contribution in [1.29, 1.82) is 0 Å². The van der Waals surface area contributed by atoms with Crippen molar-refractivity contribution in [2.75, 3.05) is 6.61 Å². The van der Waals surface area contributed by atoms with Gasteiger partial charge in [-0.2, -0.15) is 0 Å². The normalized spacial score (nSPS) is 11.7. The predicted molar refractivity (Wildman–Crippen MR) is 202 cm³/mol. The van der Waals surface area contributed by atoms with Gasteiger partial charge < -0.3 is 10.8 Å². The molecule has 0 bridgehead atoms. The molecule has 6 aromatic rings. The van der Waals surface area contributed by atoms with Gasteiger partial charge in [0.05, 0.1) is 15.4 Å². The van der Waals surface area contributed by atoms with Crippen LogP contribution in [0.3, 0.4) is 0 Å². The number of benzene rings is 4. The van der Waals surface area contributed by atoms with Gasteiger partial charge in [0.2, 0.25) is 19.7 Å². The zero-order valence-corrected chi connectivity index (χ0v) is 30.1. The number of hydrogen-bond acceptors (Lipinski definition) is 8. The Kier molecular flexibility index (Phi) is 12.7. The molecule has 0 fully saturated rings. The third-order valence-corrected chi connectivity index (χ3v) is 11.3. The standard InChI is InChI=1S/C21H18FNO3S.C20H15FN2O3S/c22-19-9-5-16(6-10-19)3-4-17-7-11-20(12-8-17)27(25,26)21-18(13-15-24)2-1-14-23-21;21-16-9-5-14(6-10-16)3-4-15-7-11-17(12-8-15)27(25,26)20-18(19(22)24)2-1-13-23-20/h1-12,14,24H,13,15H2;1-13H,(H2,22,24)/b2*4-3+. The number of nitrogens with two attached hydrogens (primary N) is 1. The van der Waals surface area contributed by atoms with E-state index in [0.717, 1.165) is 22.3 Å². The van der Waals surface area contributed by atoms with E-state index >= 15 is 0 Å². The monoisotopic (exact) mass is 765 g/mol. The van der Waals surface area contributed by atoms with Crippen molar-refractivity contribution in [1.82, 2.24) is 9.97 Å². The largest absolute Gasteiger partial charge is 0.396 e. The second-order valence-electron chi connectivity index (χ2n) is 11.6. The van der Waals surface area contributed by atoms with Crippen LogP contribution in [0.1, 0.15) is 38.2 Å². The molecule has 1 amide bonds. The molecule has 54 heavy (non-hydrogen) atoms. The SMILES string of the molecule is NC(=O)c1cccnc1S(=O)(=O)c1ccc(/C=C/c2ccc(F)cc2)cc1.O=S(=O)(c1ccc(/C=C/c2ccc(F)cc2)cc1)c1ncccc1CCO. The fraction of sp³-hybridized carbons (Fsp3) is 0.0488. The number of amides is 1. The van der Waals surface area contributed by atoms with Gasteiger partial charge in [0.25, 0.3) is 5.91 Å². The second-order valence-corrected chi connectivity index (χ2v) is 15.3. The molecule has 0 aliphatic heterocycles. The molecule has 2 aromatic heterocycles. The first kappa shape index (κ1) is 39.1. The lowest BCUT2D eigenvalue weighted by atomic mass is 10.1. The van der Waals surface area contributed by atoms with Crippen LogP contribution in [-0.2, 0) is 26.1 Å². The number of nitrogens with zero attached hydrogens (tertiary/aromatic N) is 2. The Morgan fingerprint density at radius 1 is 0.574 bits per heavy atom. The molecule has 0 saturated heterocycles. The van der Waals surface area contributed by atoms with Gasteiger partial charge in [-0.05, 0) is 101 Å². The Morgan fingerprint density at radius 3 is 1.35 bits per heavy atom. The van der Waals surface area contributed by atoms with Gasteiger partial charge in [-0.1, -0.05) is 78.9 Å². The Bertz CT molecular complexity index is 2510. The first-order chi connectivity index (χ1) is 25.9. The number of rotatable bonds is 11. The van der Waals surface area contributed by atoms with Crippen molar-refractivity contribution in [3.8, 4) is 0 Å². The fourth-order valence-electron chi connectivity index (χ4n) is 5.04. The number of pyridine rings is 2. The van der Waals surface area contributed by atoms with E-state index in [0.29, 0.717) is 5.56 Å². The maximum Gasteiger partial charge on any atom is 0.251 e. The van der Waals surface area contributed by atoms with E-state index in [1.807, 2.05) is 12.2 Å². The van der Waals surface area contributed by atoms with E-state index in [1.165, 1.54) is 73.1 Å². The lowest BCUT2D eigenvalue weighted by Crippen LogP contribution is -2.17. The minimum absolute atomic E-state index is 0.00244. The van der Waals surface area contributed by atoms with Crippen molar-refractivity contribution in [3.63, 3.8) is 0 Å². The number of sulfone groups is 2. The highest BCUT2D eigenvalue weighted by atomic mass is 32.2. The number of aliphatic hydroxyl groups is 1. The summed E-state index contributed by atoms with van der Waals surface area (Å²) in [5.41, 5.74) is 8.80. The minimum Gasteiger partial charge on any atom is -0.396 e. The van der Waals surface area contributed by atoms with Gasteiger partial charge in [-0.25, -0.2) is 35.6 Å². The molecule has 0 unspecified atom stereocenters. The Labute approximate surface area is 311 Å². The summed E-state index contributed by atoms with van der Waals surface area (Å²) in [4.78, 5) is 19.4. The van der Waals surface area contributed by atoms with Crippen LogP contribution < -0.4 is 5.73 Å². The zero-order valence-electron chi connectivity index (χ0n) is 28.5. The number of primary amides is 1. The molecule has 0 spiro atoms. The smallest absolute Gasteiger partial charge is 0.251 e. The highest BCUT2D eigenvalue weighted by Crippen LogP contribution is 2.25. The molecule has 2 heterocycles. The maximum absolute atomic E-state index is 12.9. The third kappa shape index (κ3) is 9.83. The summed E-state index contributed by atoms with van der Waals surface area (Å²) in [5, 5.41) is 8.73. The van der Waals surface area contributed by atoms with Crippen LogP contribution in [0.2, 0.25) is 0 Å². The second kappa shape index (κ2) is 17.6. The lowest BCUT2D eigenvalue weighted by Gasteiger charge is -2.09. The number of carbonyl (C=O) groups is 1. The van der Waals surface area contributed by atoms with Gasteiger partial charge in [-0.3, -0.25) is 4.79 Å². The maximum atomic E-state index is 12.9. The molecule has 3 N–H and O–H groups in total. The van der Waals surface area contributed by atoms with Crippen molar-refractivity contribution < 1.29 is 35.5 Å². The Hall–Kier alpha value is -6.15. The number of aliphatic hydroxyl groups excluding tert-OH is 1. The molecule has 0 aliphatic rings. The van der Waals surface area contributed by atoms with E-state index in [2.05, 4.69) is 9.97 Å². The third-order valence-electron chi connectivity index (χ3n) is 7.83. The molecule has 9 nitrogen and oxygen atoms in total. The summed E-state index contributed by atoms with van der Waals surface area (Å²) in [7, 11) is -7.75. The van der Waals surface area contributed by atoms with Crippen LogP contribution in [-0.4, -0.2) is 44.4 Å². The molecular weight excluding hydrogens is 733 g/mol. The summed E-state index contributed by atoms with van der Waals surface area (Å²) in [6, 6.07) is 30.7. The molecule has 0 saturated carbocycles. The van der Waals surface area contributed by atoms with Gasteiger partial charge in [0.1, 0.15) is 11.6 Å². The Balaban J connectivity index is 0.000000208. The molecule has 4 aromatic carbocycles. The summed E-state index contributed by atoms with van der Waals surface area (Å²) >= 11 is 0. The van der Waals surface area contributed by atoms with Crippen LogP contribution in [0, 0.1) is 11.6 Å². The van der Waals surface area contributed by atoms with E-state index in [1.54, 1.807) is 72.8 Å². The van der Waals surface area contributed by atoms with Crippen molar-refractivity contribution in [2.24, 2.45) is 5.73 Å². The summed E-state index contributed by atoms with van der Waals surface area (Å²) in [6.45, 7) is -0.151. The van der Waals surface area contributed by atoms with E-state index < -0.39 is 25.6 Å². The first-order valence-electron chi connectivity index (χ1n) is 16.3. The molecule has 274 valence electrons. The molecule has 0 atom stereocenters. The highest BCUT2D eigenvalue weighted by Gasteiger charge is 2.25.